The van der Waals surface area contributed by atoms with Crippen LogP contribution in [0.4, 0.5) is 10.5 Å². The van der Waals surface area contributed by atoms with E-state index in [1.165, 1.54) is 0 Å². The molecule has 1 aromatic heterocycles. The van der Waals surface area contributed by atoms with E-state index < -0.39 is 5.60 Å². The first-order valence-electron chi connectivity index (χ1n) is 10.0. The smallest absolute Gasteiger partial charge is 0.323 e. The number of rotatable bonds is 6. The lowest BCUT2D eigenvalue weighted by atomic mass is 9.89. The molecule has 164 valence electrons. The molecule has 1 aliphatic carbocycles. The molecule has 1 heterocycles. The number of carbonyl (C=O) groups excluding carboxylic acids is 1. The Morgan fingerprint density at radius 3 is 2.62 bits per heavy atom. The molecule has 1 aliphatic rings. The number of aryl methyl sites for hydroxylation is 1. The number of hydrogen-bond acceptors (Lipinski definition) is 3. The summed E-state index contributed by atoms with van der Waals surface area (Å²) >= 11 is 9.52. The summed E-state index contributed by atoms with van der Waals surface area (Å²) in [7, 11) is 1.88. The minimum absolute atomic E-state index is 0.338. The third kappa shape index (κ3) is 5.12. The second-order valence-corrected chi connectivity index (χ2v) is 8.73. The SMILES string of the molecule is Cn1ncc(Br)c1C1(OCc2ccccc2)C=CC=C(NC(=O)Nc2ccc(Cl)cc2)C1. The highest BCUT2D eigenvalue weighted by molar-refractivity contribution is 9.10. The second-order valence-electron chi connectivity index (χ2n) is 7.44. The van der Waals surface area contributed by atoms with Gasteiger partial charge in [-0.05, 0) is 57.9 Å². The van der Waals surface area contributed by atoms with Crippen molar-refractivity contribution in [3.63, 3.8) is 0 Å². The number of allylic oxidation sites excluding steroid dienone is 2. The third-order valence-electron chi connectivity index (χ3n) is 5.13. The number of anilines is 1. The fraction of sp³-hybridized carbons (Fsp3) is 0.167. The van der Waals surface area contributed by atoms with Crippen molar-refractivity contribution in [2.45, 2.75) is 18.6 Å². The summed E-state index contributed by atoms with van der Waals surface area (Å²) in [6, 6.07) is 16.6. The number of ether oxygens (including phenoxy) is 1. The van der Waals surface area contributed by atoms with Crippen LogP contribution in [0.1, 0.15) is 17.7 Å². The van der Waals surface area contributed by atoms with Crippen molar-refractivity contribution in [1.82, 2.24) is 15.1 Å². The number of carbonyl (C=O) groups is 1. The molecule has 1 atom stereocenters. The molecule has 0 aliphatic heterocycles. The van der Waals surface area contributed by atoms with Crippen LogP contribution in [-0.2, 0) is 24.0 Å². The first-order chi connectivity index (χ1) is 15.4. The van der Waals surface area contributed by atoms with Gasteiger partial charge in [0, 0.05) is 29.9 Å². The Balaban J connectivity index is 1.54. The van der Waals surface area contributed by atoms with E-state index in [0.29, 0.717) is 23.7 Å². The number of aromatic nitrogens is 2. The number of hydrogen-bond donors (Lipinski definition) is 2. The first kappa shape index (κ1) is 22.3. The molecule has 8 heteroatoms. The predicted molar refractivity (Wildman–Crippen MR) is 129 cm³/mol. The molecule has 32 heavy (non-hydrogen) atoms. The molecule has 4 rings (SSSR count). The van der Waals surface area contributed by atoms with E-state index in [4.69, 9.17) is 16.3 Å². The van der Waals surface area contributed by atoms with Crippen LogP contribution >= 0.6 is 27.5 Å². The van der Waals surface area contributed by atoms with E-state index in [0.717, 1.165) is 21.4 Å². The molecule has 0 saturated heterocycles. The average molecular weight is 514 g/mol. The molecule has 0 bridgehead atoms. The number of amides is 2. The van der Waals surface area contributed by atoms with Crippen molar-refractivity contribution in [1.29, 1.82) is 0 Å². The van der Waals surface area contributed by atoms with Crippen molar-refractivity contribution >= 4 is 39.2 Å². The number of urea groups is 1. The van der Waals surface area contributed by atoms with Crippen LogP contribution in [0.3, 0.4) is 0 Å². The molecule has 2 aromatic carbocycles. The summed E-state index contributed by atoms with van der Waals surface area (Å²) in [5, 5.41) is 10.7. The molecule has 0 spiro atoms. The Morgan fingerprint density at radius 2 is 1.94 bits per heavy atom. The van der Waals surface area contributed by atoms with Gasteiger partial charge in [0.2, 0.25) is 0 Å². The summed E-state index contributed by atoms with van der Waals surface area (Å²) in [6.07, 6.45) is 7.94. The van der Waals surface area contributed by atoms with E-state index >= 15 is 0 Å². The van der Waals surface area contributed by atoms with E-state index in [9.17, 15) is 4.79 Å². The van der Waals surface area contributed by atoms with Crippen LogP contribution in [0.15, 0.2) is 89.2 Å². The molecular weight excluding hydrogens is 492 g/mol. The van der Waals surface area contributed by atoms with Crippen molar-refractivity contribution in [3.05, 3.63) is 105 Å². The highest BCUT2D eigenvalue weighted by Gasteiger charge is 2.38. The van der Waals surface area contributed by atoms with Gasteiger partial charge in [0.25, 0.3) is 0 Å². The summed E-state index contributed by atoms with van der Waals surface area (Å²) in [4.78, 5) is 12.6. The van der Waals surface area contributed by atoms with Crippen molar-refractivity contribution in [2.24, 2.45) is 7.05 Å². The third-order valence-corrected chi connectivity index (χ3v) is 5.96. The Morgan fingerprint density at radius 1 is 1.19 bits per heavy atom. The van der Waals surface area contributed by atoms with Gasteiger partial charge in [-0.25, -0.2) is 4.79 Å². The molecule has 6 nitrogen and oxygen atoms in total. The zero-order chi connectivity index (χ0) is 22.6. The average Bonchev–Trinajstić information content (AvgIpc) is 3.13. The van der Waals surface area contributed by atoms with Gasteiger partial charge in [-0.3, -0.25) is 4.68 Å². The van der Waals surface area contributed by atoms with Gasteiger partial charge in [-0.1, -0.05) is 48.0 Å². The van der Waals surface area contributed by atoms with Gasteiger partial charge >= 0.3 is 6.03 Å². The van der Waals surface area contributed by atoms with Gasteiger partial charge in [0.05, 0.1) is 23.0 Å². The maximum atomic E-state index is 12.6. The highest BCUT2D eigenvalue weighted by Crippen LogP contribution is 2.40. The Labute approximate surface area is 200 Å². The van der Waals surface area contributed by atoms with Gasteiger partial charge in [-0.2, -0.15) is 5.10 Å². The molecule has 1 unspecified atom stereocenters. The Hall–Kier alpha value is -2.87. The Bertz CT molecular complexity index is 1140. The summed E-state index contributed by atoms with van der Waals surface area (Å²) < 4.78 is 9.13. The fourth-order valence-electron chi connectivity index (χ4n) is 3.65. The lowest BCUT2D eigenvalue weighted by molar-refractivity contribution is -0.0320. The summed E-state index contributed by atoms with van der Waals surface area (Å²) in [5.74, 6) is 0. The Kier molecular flexibility index (Phi) is 6.79. The van der Waals surface area contributed by atoms with Crippen molar-refractivity contribution in [3.8, 4) is 0 Å². The highest BCUT2D eigenvalue weighted by atomic mass is 79.9. The zero-order valence-corrected chi connectivity index (χ0v) is 19.7. The van der Waals surface area contributed by atoms with E-state index in [-0.39, 0.29) is 6.03 Å². The lowest BCUT2D eigenvalue weighted by Crippen LogP contribution is -2.37. The molecule has 0 saturated carbocycles. The minimum Gasteiger partial charge on any atom is -0.359 e. The first-order valence-corrected chi connectivity index (χ1v) is 11.2. The maximum Gasteiger partial charge on any atom is 0.323 e. The van der Waals surface area contributed by atoms with Crippen LogP contribution in [0.5, 0.6) is 0 Å². The second kappa shape index (κ2) is 9.73. The van der Waals surface area contributed by atoms with Gasteiger partial charge in [-0.15, -0.1) is 0 Å². The quantitative estimate of drug-likeness (QED) is 0.430. The number of nitrogens with one attached hydrogen (secondary N) is 2. The van der Waals surface area contributed by atoms with E-state index in [1.807, 2.05) is 55.6 Å². The van der Waals surface area contributed by atoms with Crippen LogP contribution in [0.2, 0.25) is 5.02 Å². The topological polar surface area (TPSA) is 68.2 Å². The van der Waals surface area contributed by atoms with Gasteiger partial charge in [0.15, 0.2) is 0 Å². The number of benzene rings is 2. The zero-order valence-electron chi connectivity index (χ0n) is 17.4. The van der Waals surface area contributed by atoms with Gasteiger partial charge < -0.3 is 15.4 Å². The van der Waals surface area contributed by atoms with E-state index in [2.05, 4.69) is 31.7 Å². The van der Waals surface area contributed by atoms with Crippen molar-refractivity contribution in [2.75, 3.05) is 5.32 Å². The number of halogens is 2. The molecule has 0 radical (unpaired) electrons. The predicted octanol–water partition coefficient (Wildman–Crippen LogP) is 5.91. The van der Waals surface area contributed by atoms with E-state index in [1.54, 1.807) is 35.1 Å². The normalized spacial score (nSPS) is 17.7. The standard InChI is InChI=1S/C24H22BrClN4O2/c1-30-22(21(25)15-27-30)24(32-16-17-6-3-2-4-7-17)13-5-8-20(14-24)29-23(31)28-19-11-9-18(26)10-12-19/h2-13,15H,14,16H2,1H3,(H2,28,29,31). The fourth-order valence-corrected chi connectivity index (χ4v) is 4.46. The monoisotopic (exact) mass is 512 g/mol. The molecule has 0 fully saturated rings. The minimum atomic E-state index is -0.808. The van der Waals surface area contributed by atoms with Gasteiger partial charge in [0.1, 0.15) is 5.60 Å². The van der Waals surface area contributed by atoms with Crippen LogP contribution in [-0.4, -0.2) is 15.8 Å². The summed E-state index contributed by atoms with van der Waals surface area (Å²) in [6.45, 7) is 0.410. The largest absolute Gasteiger partial charge is 0.359 e. The van der Waals surface area contributed by atoms with Crippen LogP contribution in [0, 0.1) is 0 Å². The molecule has 2 N–H and O–H groups in total. The van der Waals surface area contributed by atoms with Crippen LogP contribution in [0.25, 0.3) is 0 Å². The lowest BCUT2D eigenvalue weighted by Gasteiger charge is -2.34. The molecule has 3 aromatic rings. The number of nitrogens with zero attached hydrogens (tertiary/aromatic N) is 2. The van der Waals surface area contributed by atoms with Crippen LogP contribution < -0.4 is 10.6 Å². The summed E-state index contributed by atoms with van der Waals surface area (Å²) in [5.41, 5.74) is 2.50. The molecular formula is C24H22BrClN4O2. The molecule has 2 amide bonds. The van der Waals surface area contributed by atoms with Crippen molar-refractivity contribution < 1.29 is 9.53 Å². The maximum absolute atomic E-state index is 12.6.